The van der Waals surface area contributed by atoms with E-state index in [1.54, 1.807) is 24.5 Å². The highest BCUT2D eigenvalue weighted by molar-refractivity contribution is 5.94. The van der Waals surface area contributed by atoms with Gasteiger partial charge in [-0.25, -0.2) is 0 Å². The monoisotopic (exact) mass is 234 g/mol. The maximum atomic E-state index is 12.3. The van der Waals surface area contributed by atoms with Crippen LogP contribution in [-0.2, 0) is 0 Å². The number of hydrogen-bond donors (Lipinski definition) is 1. The predicted octanol–water partition coefficient (Wildman–Crippen LogP) is 1.46. The van der Waals surface area contributed by atoms with Gasteiger partial charge < -0.3 is 10.0 Å². The highest BCUT2D eigenvalue weighted by atomic mass is 16.3. The van der Waals surface area contributed by atoms with Gasteiger partial charge in [0.15, 0.2) is 0 Å². The normalized spacial score (nSPS) is 20.3. The average molecular weight is 234 g/mol. The van der Waals surface area contributed by atoms with Gasteiger partial charge in [-0.05, 0) is 37.8 Å². The van der Waals surface area contributed by atoms with Crippen LogP contribution in [0.3, 0.4) is 0 Å². The van der Waals surface area contributed by atoms with Crippen molar-refractivity contribution in [1.29, 1.82) is 0 Å². The summed E-state index contributed by atoms with van der Waals surface area (Å²) in [7, 11) is 0. The quantitative estimate of drug-likeness (QED) is 0.861. The lowest BCUT2D eigenvalue weighted by molar-refractivity contribution is 0.0574. The molecule has 0 bridgehead atoms. The molecule has 1 aromatic rings. The zero-order valence-corrected chi connectivity index (χ0v) is 9.88. The fourth-order valence-electron chi connectivity index (χ4n) is 2.37. The van der Waals surface area contributed by atoms with Crippen molar-refractivity contribution in [2.75, 3.05) is 13.2 Å². The van der Waals surface area contributed by atoms with Crippen LogP contribution in [-0.4, -0.2) is 40.1 Å². The van der Waals surface area contributed by atoms with E-state index in [1.165, 1.54) is 0 Å². The molecular weight excluding hydrogens is 216 g/mol. The van der Waals surface area contributed by atoms with Crippen molar-refractivity contribution in [2.45, 2.75) is 31.7 Å². The van der Waals surface area contributed by atoms with Gasteiger partial charge in [0, 0.05) is 31.6 Å². The number of carbonyl (C=O) groups is 1. The molecule has 1 fully saturated rings. The van der Waals surface area contributed by atoms with Crippen LogP contribution < -0.4 is 0 Å². The molecule has 0 aromatic carbocycles. The van der Waals surface area contributed by atoms with Gasteiger partial charge in [-0.2, -0.15) is 0 Å². The summed E-state index contributed by atoms with van der Waals surface area (Å²) in [5, 5.41) is 9.04. The van der Waals surface area contributed by atoms with Gasteiger partial charge in [0.25, 0.3) is 5.91 Å². The minimum atomic E-state index is 0.0382. The predicted molar refractivity (Wildman–Crippen MR) is 64.6 cm³/mol. The number of piperidine rings is 1. The lowest BCUT2D eigenvalue weighted by Crippen LogP contribution is -2.44. The first-order valence-electron chi connectivity index (χ1n) is 6.15. The molecule has 4 nitrogen and oxygen atoms in total. The first-order chi connectivity index (χ1) is 8.33. The van der Waals surface area contributed by atoms with Crippen LogP contribution in [0.4, 0.5) is 0 Å². The SMILES string of the molecule is O=C(c1cccnc1)N1CCCCC1CCO. The Morgan fingerprint density at radius 3 is 3.12 bits per heavy atom. The van der Waals surface area contributed by atoms with E-state index >= 15 is 0 Å². The van der Waals surface area contributed by atoms with Gasteiger partial charge in [0.05, 0.1) is 5.56 Å². The number of aliphatic hydroxyl groups is 1. The Kier molecular flexibility index (Phi) is 4.09. The maximum Gasteiger partial charge on any atom is 0.255 e. The van der Waals surface area contributed by atoms with Crippen LogP contribution in [0.5, 0.6) is 0 Å². The summed E-state index contributed by atoms with van der Waals surface area (Å²) in [6.07, 6.45) is 7.12. The van der Waals surface area contributed by atoms with Crippen molar-refractivity contribution in [2.24, 2.45) is 0 Å². The molecule has 1 N–H and O–H groups in total. The number of carbonyl (C=O) groups excluding carboxylic acids is 1. The van der Waals surface area contributed by atoms with Crippen molar-refractivity contribution in [3.63, 3.8) is 0 Å². The fourth-order valence-corrected chi connectivity index (χ4v) is 2.37. The molecule has 2 heterocycles. The Labute approximate surface area is 101 Å². The molecule has 0 radical (unpaired) electrons. The third-order valence-corrected chi connectivity index (χ3v) is 3.26. The number of aliphatic hydroxyl groups excluding tert-OH is 1. The second-order valence-electron chi connectivity index (χ2n) is 4.40. The van der Waals surface area contributed by atoms with Crippen LogP contribution >= 0.6 is 0 Å². The zero-order chi connectivity index (χ0) is 12.1. The van der Waals surface area contributed by atoms with E-state index < -0.39 is 0 Å². The van der Waals surface area contributed by atoms with E-state index in [1.807, 2.05) is 4.90 Å². The number of likely N-dealkylation sites (tertiary alicyclic amines) is 1. The summed E-state index contributed by atoms with van der Waals surface area (Å²) in [6.45, 7) is 0.930. The van der Waals surface area contributed by atoms with E-state index in [2.05, 4.69) is 4.98 Å². The molecule has 1 atom stereocenters. The van der Waals surface area contributed by atoms with Crippen molar-refractivity contribution in [1.82, 2.24) is 9.88 Å². The van der Waals surface area contributed by atoms with Crippen LogP contribution in [0, 0.1) is 0 Å². The summed E-state index contributed by atoms with van der Waals surface area (Å²) in [5.41, 5.74) is 0.636. The summed E-state index contributed by atoms with van der Waals surface area (Å²) >= 11 is 0. The topological polar surface area (TPSA) is 53.4 Å². The lowest BCUT2D eigenvalue weighted by Gasteiger charge is -2.35. The average Bonchev–Trinajstić information content (AvgIpc) is 2.40. The number of rotatable bonds is 3. The van der Waals surface area contributed by atoms with Crippen molar-refractivity contribution in [3.8, 4) is 0 Å². The molecular formula is C13H18N2O2. The second-order valence-corrected chi connectivity index (χ2v) is 4.40. The molecule has 1 aromatic heterocycles. The van der Waals surface area contributed by atoms with Crippen LogP contribution in [0.1, 0.15) is 36.0 Å². The smallest absolute Gasteiger partial charge is 0.255 e. The highest BCUT2D eigenvalue weighted by Gasteiger charge is 2.26. The van der Waals surface area contributed by atoms with Crippen molar-refractivity contribution >= 4 is 5.91 Å². The molecule has 0 saturated carbocycles. The van der Waals surface area contributed by atoms with E-state index in [0.717, 1.165) is 25.8 Å². The molecule has 2 rings (SSSR count). The van der Waals surface area contributed by atoms with Gasteiger partial charge in [-0.3, -0.25) is 9.78 Å². The Hall–Kier alpha value is -1.42. The van der Waals surface area contributed by atoms with Crippen LogP contribution in [0.25, 0.3) is 0 Å². The van der Waals surface area contributed by atoms with E-state index in [9.17, 15) is 4.79 Å². The Morgan fingerprint density at radius 1 is 1.53 bits per heavy atom. The molecule has 1 unspecified atom stereocenters. The number of aromatic nitrogens is 1. The van der Waals surface area contributed by atoms with Crippen LogP contribution in [0.15, 0.2) is 24.5 Å². The molecule has 0 aliphatic carbocycles. The summed E-state index contributed by atoms with van der Waals surface area (Å²) in [6, 6.07) is 3.75. The van der Waals surface area contributed by atoms with E-state index in [-0.39, 0.29) is 18.6 Å². The molecule has 1 saturated heterocycles. The number of hydrogen-bond acceptors (Lipinski definition) is 3. The Bertz CT molecular complexity index is 365. The molecule has 92 valence electrons. The van der Waals surface area contributed by atoms with Gasteiger partial charge in [-0.1, -0.05) is 0 Å². The minimum absolute atomic E-state index is 0.0382. The number of nitrogens with zero attached hydrogens (tertiary/aromatic N) is 2. The standard InChI is InChI=1S/C13H18N2O2/c16-9-6-12-5-1-2-8-15(12)13(17)11-4-3-7-14-10-11/h3-4,7,10,12,16H,1-2,5-6,8-9H2. The third-order valence-electron chi connectivity index (χ3n) is 3.26. The van der Waals surface area contributed by atoms with Crippen molar-refractivity contribution < 1.29 is 9.90 Å². The molecule has 0 spiro atoms. The molecule has 4 heteroatoms. The fraction of sp³-hybridized carbons (Fsp3) is 0.538. The number of amides is 1. The van der Waals surface area contributed by atoms with Gasteiger partial charge in [0.2, 0.25) is 0 Å². The largest absolute Gasteiger partial charge is 0.396 e. The molecule has 17 heavy (non-hydrogen) atoms. The van der Waals surface area contributed by atoms with E-state index in [0.29, 0.717) is 12.0 Å². The van der Waals surface area contributed by atoms with Gasteiger partial charge in [0.1, 0.15) is 0 Å². The summed E-state index contributed by atoms with van der Waals surface area (Å²) in [5.74, 6) is 0.0382. The first-order valence-corrected chi connectivity index (χ1v) is 6.15. The molecule has 1 amide bonds. The zero-order valence-electron chi connectivity index (χ0n) is 9.88. The second kappa shape index (κ2) is 5.77. The summed E-state index contributed by atoms with van der Waals surface area (Å²) < 4.78 is 0. The number of pyridine rings is 1. The van der Waals surface area contributed by atoms with E-state index in [4.69, 9.17) is 5.11 Å². The van der Waals surface area contributed by atoms with Gasteiger partial charge in [-0.15, -0.1) is 0 Å². The Morgan fingerprint density at radius 2 is 2.41 bits per heavy atom. The third kappa shape index (κ3) is 2.82. The maximum absolute atomic E-state index is 12.3. The lowest BCUT2D eigenvalue weighted by atomic mass is 9.99. The van der Waals surface area contributed by atoms with Gasteiger partial charge >= 0.3 is 0 Å². The molecule has 1 aliphatic rings. The highest BCUT2D eigenvalue weighted by Crippen LogP contribution is 2.21. The Balaban J connectivity index is 2.11. The summed E-state index contributed by atoms with van der Waals surface area (Å²) in [4.78, 5) is 18.1. The van der Waals surface area contributed by atoms with Crippen LogP contribution in [0.2, 0.25) is 0 Å². The first kappa shape index (κ1) is 12.0. The minimum Gasteiger partial charge on any atom is -0.396 e. The molecule has 1 aliphatic heterocycles. The van der Waals surface area contributed by atoms with Crippen molar-refractivity contribution in [3.05, 3.63) is 30.1 Å².